The first kappa shape index (κ1) is 20.3. The Bertz CT molecular complexity index is 938. The van der Waals surface area contributed by atoms with Gasteiger partial charge >= 0.3 is 0 Å². The second kappa shape index (κ2) is 9.68. The van der Waals surface area contributed by atoms with Crippen molar-refractivity contribution in [1.82, 2.24) is 15.5 Å². The van der Waals surface area contributed by atoms with Gasteiger partial charge in [0.2, 0.25) is 5.88 Å². The molecule has 0 unspecified atom stereocenters. The first-order chi connectivity index (χ1) is 14.0. The van der Waals surface area contributed by atoms with Gasteiger partial charge in [-0.1, -0.05) is 26.0 Å². The molecule has 150 valence electrons. The summed E-state index contributed by atoms with van der Waals surface area (Å²) in [5.41, 5.74) is 2.10. The van der Waals surface area contributed by atoms with Crippen LogP contribution in [0, 0.1) is 5.92 Å². The highest BCUT2D eigenvalue weighted by atomic mass is 16.5. The lowest BCUT2D eigenvalue weighted by Crippen LogP contribution is -2.25. The highest BCUT2D eigenvalue weighted by Gasteiger charge is 2.09. The Balaban J connectivity index is 1.66. The number of hydrogen-bond acceptors (Lipinski definition) is 5. The van der Waals surface area contributed by atoms with E-state index >= 15 is 0 Å². The van der Waals surface area contributed by atoms with Gasteiger partial charge in [0.15, 0.2) is 0 Å². The summed E-state index contributed by atoms with van der Waals surface area (Å²) in [4.78, 5) is 12.3. The Morgan fingerprint density at radius 1 is 1.00 bits per heavy atom. The van der Waals surface area contributed by atoms with E-state index in [9.17, 15) is 4.79 Å². The lowest BCUT2D eigenvalue weighted by molar-refractivity contribution is 0.0952. The van der Waals surface area contributed by atoms with Gasteiger partial charge in [-0.05, 0) is 54.8 Å². The van der Waals surface area contributed by atoms with Crippen molar-refractivity contribution in [3.8, 4) is 28.6 Å². The fraction of sp³-hybridized carbons (Fsp3) is 0.261. The van der Waals surface area contributed by atoms with Gasteiger partial charge in [0.05, 0.1) is 12.8 Å². The number of nitrogens with one attached hydrogen (secondary N) is 1. The number of rotatable bonds is 8. The summed E-state index contributed by atoms with van der Waals surface area (Å²) < 4.78 is 10.8. The molecule has 0 spiro atoms. The van der Waals surface area contributed by atoms with Gasteiger partial charge in [-0.25, -0.2) is 0 Å². The van der Waals surface area contributed by atoms with Crippen LogP contribution < -0.4 is 14.8 Å². The summed E-state index contributed by atoms with van der Waals surface area (Å²) in [5.74, 6) is 2.26. The first-order valence-corrected chi connectivity index (χ1v) is 9.59. The van der Waals surface area contributed by atoms with Crippen LogP contribution in [-0.2, 0) is 0 Å². The topological polar surface area (TPSA) is 73.3 Å². The van der Waals surface area contributed by atoms with Crippen molar-refractivity contribution in [2.45, 2.75) is 20.3 Å². The van der Waals surface area contributed by atoms with Gasteiger partial charge in [0.1, 0.15) is 11.5 Å². The first-order valence-electron chi connectivity index (χ1n) is 9.59. The van der Waals surface area contributed by atoms with Crippen LogP contribution in [-0.4, -0.2) is 29.8 Å². The summed E-state index contributed by atoms with van der Waals surface area (Å²) >= 11 is 0. The maximum atomic E-state index is 12.3. The highest BCUT2D eigenvalue weighted by Crippen LogP contribution is 2.24. The van der Waals surface area contributed by atoms with Crippen molar-refractivity contribution in [2.75, 3.05) is 13.7 Å². The molecule has 0 bridgehead atoms. The molecule has 29 heavy (non-hydrogen) atoms. The summed E-state index contributed by atoms with van der Waals surface area (Å²) in [6.07, 6.45) is 0.951. The lowest BCUT2D eigenvalue weighted by atomic mass is 10.1. The van der Waals surface area contributed by atoms with E-state index in [1.807, 2.05) is 36.4 Å². The minimum atomic E-state index is -0.0834. The number of amides is 1. The van der Waals surface area contributed by atoms with Crippen molar-refractivity contribution in [2.24, 2.45) is 5.92 Å². The van der Waals surface area contributed by atoms with Gasteiger partial charge in [-0.15, -0.1) is 10.2 Å². The van der Waals surface area contributed by atoms with E-state index in [4.69, 9.17) is 9.47 Å². The van der Waals surface area contributed by atoms with Gasteiger partial charge < -0.3 is 14.8 Å². The minimum absolute atomic E-state index is 0.0834. The number of methoxy groups -OCH3 is 1. The Kier molecular flexibility index (Phi) is 6.79. The molecule has 6 nitrogen and oxygen atoms in total. The fourth-order valence-corrected chi connectivity index (χ4v) is 2.69. The Hall–Kier alpha value is -3.41. The zero-order valence-electron chi connectivity index (χ0n) is 16.9. The number of ether oxygens (including phenoxy) is 2. The summed E-state index contributed by atoms with van der Waals surface area (Å²) in [7, 11) is 1.62. The van der Waals surface area contributed by atoms with Crippen LogP contribution in [0.4, 0.5) is 0 Å². The summed E-state index contributed by atoms with van der Waals surface area (Å²) in [5, 5.41) is 11.3. The third kappa shape index (κ3) is 5.78. The maximum Gasteiger partial charge on any atom is 0.251 e. The number of aromatic nitrogens is 2. The second-order valence-corrected chi connectivity index (χ2v) is 7.05. The Morgan fingerprint density at radius 2 is 1.76 bits per heavy atom. The number of carbonyl (C=O) groups is 1. The van der Waals surface area contributed by atoms with Gasteiger partial charge in [-0.3, -0.25) is 4.79 Å². The van der Waals surface area contributed by atoms with Crippen LogP contribution in [0.5, 0.6) is 17.4 Å². The molecule has 0 aliphatic rings. The number of nitrogens with zero attached hydrogens (tertiary/aromatic N) is 2. The largest absolute Gasteiger partial charge is 0.497 e. The third-order valence-corrected chi connectivity index (χ3v) is 4.35. The molecule has 6 heteroatoms. The molecule has 0 saturated carbocycles. The van der Waals surface area contributed by atoms with E-state index in [0.717, 1.165) is 17.7 Å². The molecule has 3 rings (SSSR count). The van der Waals surface area contributed by atoms with E-state index in [1.165, 1.54) is 0 Å². The van der Waals surface area contributed by atoms with Gasteiger partial charge in [0.25, 0.3) is 5.91 Å². The molecule has 1 heterocycles. The van der Waals surface area contributed by atoms with Crippen molar-refractivity contribution in [3.63, 3.8) is 0 Å². The predicted molar refractivity (Wildman–Crippen MR) is 112 cm³/mol. The standard InChI is InChI=1S/C23H25N3O3/c1-16(2)13-14-24-23(27)18-6-4-5-17(15-18)21-11-12-22(26-25-21)29-20-9-7-19(28-3)8-10-20/h4-12,15-16H,13-14H2,1-3H3,(H,24,27). The lowest BCUT2D eigenvalue weighted by Gasteiger charge is -2.09. The van der Waals surface area contributed by atoms with E-state index in [2.05, 4.69) is 29.4 Å². The SMILES string of the molecule is COc1ccc(Oc2ccc(-c3cccc(C(=O)NCCC(C)C)c3)nn2)cc1. The molecule has 0 aliphatic heterocycles. The van der Waals surface area contributed by atoms with Crippen molar-refractivity contribution >= 4 is 5.91 Å². The quantitative estimate of drug-likeness (QED) is 0.601. The monoisotopic (exact) mass is 391 g/mol. The van der Waals surface area contributed by atoms with Crippen LogP contribution in [0.15, 0.2) is 60.7 Å². The van der Waals surface area contributed by atoms with Crippen LogP contribution >= 0.6 is 0 Å². The van der Waals surface area contributed by atoms with Crippen LogP contribution in [0.3, 0.4) is 0 Å². The Labute approximate surface area is 170 Å². The molecule has 0 saturated heterocycles. The van der Waals surface area contributed by atoms with E-state index < -0.39 is 0 Å². The number of carbonyl (C=O) groups excluding carboxylic acids is 1. The van der Waals surface area contributed by atoms with E-state index in [0.29, 0.717) is 35.3 Å². The average molecular weight is 391 g/mol. The molecular formula is C23H25N3O3. The Morgan fingerprint density at radius 3 is 2.41 bits per heavy atom. The zero-order valence-corrected chi connectivity index (χ0v) is 16.9. The van der Waals surface area contributed by atoms with Crippen LogP contribution in [0.2, 0.25) is 0 Å². The number of benzene rings is 2. The van der Waals surface area contributed by atoms with Crippen LogP contribution in [0.25, 0.3) is 11.3 Å². The molecule has 1 N–H and O–H groups in total. The molecule has 0 atom stereocenters. The molecular weight excluding hydrogens is 366 g/mol. The highest BCUT2D eigenvalue weighted by molar-refractivity contribution is 5.95. The zero-order chi connectivity index (χ0) is 20.6. The van der Waals surface area contributed by atoms with Crippen molar-refractivity contribution in [3.05, 3.63) is 66.2 Å². The predicted octanol–water partition coefficient (Wildman–Crippen LogP) is 4.72. The fourth-order valence-electron chi connectivity index (χ4n) is 2.69. The smallest absolute Gasteiger partial charge is 0.251 e. The minimum Gasteiger partial charge on any atom is -0.497 e. The molecule has 2 aromatic carbocycles. The average Bonchev–Trinajstić information content (AvgIpc) is 2.74. The molecule has 0 aliphatic carbocycles. The van der Waals surface area contributed by atoms with Gasteiger partial charge in [0, 0.05) is 23.7 Å². The number of hydrogen-bond donors (Lipinski definition) is 1. The maximum absolute atomic E-state index is 12.3. The molecule has 0 fully saturated rings. The molecule has 3 aromatic rings. The van der Waals surface area contributed by atoms with E-state index in [-0.39, 0.29) is 5.91 Å². The van der Waals surface area contributed by atoms with Gasteiger partial charge in [-0.2, -0.15) is 0 Å². The summed E-state index contributed by atoms with van der Waals surface area (Å²) in [6.45, 7) is 4.93. The normalized spacial score (nSPS) is 10.6. The molecule has 1 amide bonds. The second-order valence-electron chi connectivity index (χ2n) is 7.05. The van der Waals surface area contributed by atoms with E-state index in [1.54, 1.807) is 31.4 Å². The summed E-state index contributed by atoms with van der Waals surface area (Å²) in [6, 6.07) is 18.2. The molecule has 1 aromatic heterocycles. The molecule has 0 radical (unpaired) electrons. The van der Waals surface area contributed by atoms with Crippen molar-refractivity contribution < 1.29 is 14.3 Å². The van der Waals surface area contributed by atoms with Crippen LogP contribution in [0.1, 0.15) is 30.6 Å². The van der Waals surface area contributed by atoms with Crippen molar-refractivity contribution in [1.29, 1.82) is 0 Å². The third-order valence-electron chi connectivity index (χ3n) is 4.35.